The topological polar surface area (TPSA) is 67.2 Å². The smallest absolute Gasteiger partial charge is 0.267 e. The number of pyridine rings is 2. The van der Waals surface area contributed by atoms with Crippen LogP contribution < -0.4 is 5.43 Å². The van der Waals surface area contributed by atoms with Gasteiger partial charge in [-0.05, 0) is 18.2 Å². The molecular formula is C16H12N4O. The van der Waals surface area contributed by atoms with E-state index in [1.54, 1.807) is 36.9 Å². The Hall–Kier alpha value is -3.08. The van der Waals surface area contributed by atoms with Crippen LogP contribution in [0, 0.1) is 0 Å². The monoisotopic (exact) mass is 276 g/mol. The minimum atomic E-state index is -0.276. The van der Waals surface area contributed by atoms with Crippen LogP contribution >= 0.6 is 0 Å². The fourth-order valence-corrected chi connectivity index (χ4v) is 1.96. The van der Waals surface area contributed by atoms with E-state index in [1.165, 1.54) is 0 Å². The molecule has 3 aromatic rings. The van der Waals surface area contributed by atoms with Gasteiger partial charge < -0.3 is 0 Å². The van der Waals surface area contributed by atoms with E-state index in [-0.39, 0.29) is 5.91 Å². The van der Waals surface area contributed by atoms with Crippen LogP contribution in [-0.4, -0.2) is 22.1 Å². The zero-order valence-corrected chi connectivity index (χ0v) is 11.1. The van der Waals surface area contributed by atoms with Crippen molar-refractivity contribution >= 4 is 23.0 Å². The van der Waals surface area contributed by atoms with E-state index >= 15 is 0 Å². The Morgan fingerprint density at radius 1 is 1.05 bits per heavy atom. The number of amides is 1. The minimum Gasteiger partial charge on any atom is -0.267 e. The fraction of sp³-hybridized carbons (Fsp3) is 0. The van der Waals surface area contributed by atoms with Crippen molar-refractivity contribution in [2.75, 3.05) is 0 Å². The highest BCUT2D eigenvalue weighted by atomic mass is 16.2. The molecule has 5 nitrogen and oxygen atoms in total. The summed E-state index contributed by atoms with van der Waals surface area (Å²) in [5.74, 6) is -0.276. The highest BCUT2D eigenvalue weighted by Crippen LogP contribution is 2.13. The Morgan fingerprint density at radius 2 is 1.86 bits per heavy atom. The van der Waals surface area contributed by atoms with Crippen molar-refractivity contribution < 1.29 is 4.79 Å². The molecule has 0 unspecified atom stereocenters. The van der Waals surface area contributed by atoms with E-state index in [0.29, 0.717) is 5.56 Å². The van der Waals surface area contributed by atoms with Gasteiger partial charge in [0.1, 0.15) is 0 Å². The molecule has 0 aliphatic rings. The standard InChI is InChI=1S/C16H12N4O/c21-16(13-6-9-17-10-7-13)20-19-11-14-4-1-3-12-5-2-8-18-15(12)14/h1-11H,(H,20,21). The molecule has 1 N–H and O–H groups in total. The molecule has 0 spiro atoms. The number of nitrogens with zero attached hydrogens (tertiary/aromatic N) is 3. The van der Waals surface area contributed by atoms with Gasteiger partial charge >= 0.3 is 0 Å². The molecule has 2 aromatic heterocycles. The number of aromatic nitrogens is 2. The summed E-state index contributed by atoms with van der Waals surface area (Å²) >= 11 is 0. The van der Waals surface area contributed by atoms with Gasteiger partial charge in [-0.1, -0.05) is 24.3 Å². The molecule has 0 aliphatic heterocycles. The summed E-state index contributed by atoms with van der Waals surface area (Å²) in [5, 5.41) is 5.01. The van der Waals surface area contributed by atoms with Gasteiger partial charge in [-0.3, -0.25) is 14.8 Å². The molecule has 1 aromatic carbocycles. The number of nitrogens with one attached hydrogen (secondary N) is 1. The van der Waals surface area contributed by atoms with Crippen LogP contribution in [0.5, 0.6) is 0 Å². The summed E-state index contributed by atoms with van der Waals surface area (Å²) in [7, 11) is 0. The van der Waals surface area contributed by atoms with E-state index in [0.717, 1.165) is 16.5 Å². The van der Waals surface area contributed by atoms with Crippen LogP contribution in [-0.2, 0) is 0 Å². The molecule has 0 atom stereocenters. The molecule has 5 heteroatoms. The average molecular weight is 276 g/mol. The van der Waals surface area contributed by atoms with Crippen LogP contribution in [0.2, 0.25) is 0 Å². The quantitative estimate of drug-likeness (QED) is 0.590. The van der Waals surface area contributed by atoms with Gasteiger partial charge in [-0.2, -0.15) is 5.10 Å². The summed E-state index contributed by atoms with van der Waals surface area (Å²) in [6.45, 7) is 0. The molecule has 0 aliphatic carbocycles. The van der Waals surface area contributed by atoms with Crippen LogP contribution in [0.3, 0.4) is 0 Å². The molecule has 3 rings (SSSR count). The third kappa shape index (κ3) is 2.92. The summed E-state index contributed by atoms with van der Waals surface area (Å²) < 4.78 is 0. The Morgan fingerprint density at radius 3 is 2.71 bits per heavy atom. The number of hydrogen-bond acceptors (Lipinski definition) is 4. The first-order chi connectivity index (χ1) is 10.3. The van der Waals surface area contributed by atoms with Crippen LogP contribution in [0.1, 0.15) is 15.9 Å². The lowest BCUT2D eigenvalue weighted by atomic mass is 10.1. The highest BCUT2D eigenvalue weighted by Gasteiger charge is 2.02. The number of rotatable bonds is 3. The van der Waals surface area contributed by atoms with E-state index in [2.05, 4.69) is 20.5 Å². The predicted octanol–water partition coefficient (Wildman–Crippen LogP) is 2.39. The first kappa shape index (κ1) is 12.9. The zero-order chi connectivity index (χ0) is 14.5. The zero-order valence-electron chi connectivity index (χ0n) is 11.1. The van der Waals surface area contributed by atoms with Crippen LogP contribution in [0.25, 0.3) is 10.9 Å². The molecule has 2 heterocycles. The summed E-state index contributed by atoms with van der Waals surface area (Å²) in [6.07, 6.45) is 6.45. The van der Waals surface area contributed by atoms with Gasteiger partial charge in [0, 0.05) is 35.1 Å². The Balaban J connectivity index is 1.78. The maximum atomic E-state index is 11.8. The molecule has 0 saturated carbocycles. The maximum absolute atomic E-state index is 11.8. The first-order valence-electron chi connectivity index (χ1n) is 6.42. The summed E-state index contributed by atoms with van der Waals surface area (Å²) in [4.78, 5) is 20.0. The van der Waals surface area contributed by atoms with Crippen LogP contribution in [0.4, 0.5) is 0 Å². The lowest BCUT2D eigenvalue weighted by molar-refractivity contribution is 0.0955. The molecule has 0 saturated heterocycles. The van der Waals surface area contributed by atoms with Crippen molar-refractivity contribution in [2.45, 2.75) is 0 Å². The highest BCUT2D eigenvalue weighted by molar-refractivity contribution is 5.98. The van der Waals surface area contributed by atoms with Crippen molar-refractivity contribution in [1.82, 2.24) is 15.4 Å². The number of carbonyl (C=O) groups excluding carboxylic acids is 1. The molecule has 0 radical (unpaired) electrons. The average Bonchev–Trinajstić information content (AvgIpc) is 2.56. The molecule has 1 amide bonds. The first-order valence-corrected chi connectivity index (χ1v) is 6.42. The number of para-hydroxylation sites is 1. The van der Waals surface area contributed by atoms with E-state index in [4.69, 9.17) is 0 Å². The number of hydrazone groups is 1. The Bertz CT molecular complexity index is 794. The number of fused-ring (bicyclic) bond motifs is 1. The van der Waals surface area contributed by atoms with Crippen LogP contribution in [0.15, 0.2) is 66.2 Å². The largest absolute Gasteiger partial charge is 0.271 e. The van der Waals surface area contributed by atoms with Gasteiger partial charge in [0.15, 0.2) is 0 Å². The van der Waals surface area contributed by atoms with Crippen molar-refractivity contribution in [3.63, 3.8) is 0 Å². The molecule has 0 fully saturated rings. The SMILES string of the molecule is O=C(NN=Cc1cccc2cccnc12)c1ccncc1. The third-order valence-corrected chi connectivity index (χ3v) is 2.98. The van der Waals surface area contributed by atoms with Gasteiger partial charge in [-0.25, -0.2) is 5.43 Å². The lowest BCUT2D eigenvalue weighted by Gasteiger charge is -2.01. The second kappa shape index (κ2) is 5.92. The Labute approximate surface area is 121 Å². The number of hydrogen-bond donors (Lipinski definition) is 1. The van der Waals surface area contributed by atoms with Crippen molar-refractivity contribution in [3.8, 4) is 0 Å². The van der Waals surface area contributed by atoms with Gasteiger partial charge in [-0.15, -0.1) is 0 Å². The maximum Gasteiger partial charge on any atom is 0.271 e. The number of benzene rings is 1. The Kier molecular flexibility index (Phi) is 3.64. The van der Waals surface area contributed by atoms with Gasteiger partial charge in [0.25, 0.3) is 5.91 Å². The summed E-state index contributed by atoms with van der Waals surface area (Å²) in [6, 6.07) is 12.9. The second-order valence-electron chi connectivity index (χ2n) is 4.36. The van der Waals surface area contributed by atoms with E-state index in [9.17, 15) is 4.79 Å². The summed E-state index contributed by atoms with van der Waals surface area (Å²) in [5.41, 5.74) is 4.70. The second-order valence-corrected chi connectivity index (χ2v) is 4.36. The van der Waals surface area contributed by atoms with Crippen molar-refractivity contribution in [3.05, 3.63) is 72.2 Å². The van der Waals surface area contributed by atoms with Gasteiger partial charge in [0.2, 0.25) is 0 Å². The van der Waals surface area contributed by atoms with Crippen molar-refractivity contribution in [1.29, 1.82) is 0 Å². The fourth-order valence-electron chi connectivity index (χ4n) is 1.96. The minimum absolute atomic E-state index is 0.276. The van der Waals surface area contributed by atoms with E-state index in [1.807, 2.05) is 30.3 Å². The molecule has 102 valence electrons. The van der Waals surface area contributed by atoms with Gasteiger partial charge in [0.05, 0.1) is 11.7 Å². The van der Waals surface area contributed by atoms with E-state index < -0.39 is 0 Å². The lowest BCUT2D eigenvalue weighted by Crippen LogP contribution is -2.17. The molecule has 21 heavy (non-hydrogen) atoms. The predicted molar refractivity (Wildman–Crippen MR) is 81.0 cm³/mol. The third-order valence-electron chi connectivity index (χ3n) is 2.98. The normalized spacial score (nSPS) is 10.9. The van der Waals surface area contributed by atoms with Crippen molar-refractivity contribution in [2.24, 2.45) is 5.10 Å². The molecule has 0 bridgehead atoms. The molecular weight excluding hydrogens is 264 g/mol. The number of carbonyl (C=O) groups is 1.